The van der Waals surface area contributed by atoms with E-state index in [1.165, 1.54) is 9.99 Å². The summed E-state index contributed by atoms with van der Waals surface area (Å²) >= 11 is 2.27. The van der Waals surface area contributed by atoms with Crippen LogP contribution in [0.5, 0.6) is 0 Å². The van der Waals surface area contributed by atoms with Crippen molar-refractivity contribution >= 4 is 28.4 Å². The number of Topliss-reactive ketones (excluding diaryl/α,β-unsaturated/α-hetero) is 1. The van der Waals surface area contributed by atoms with Gasteiger partial charge in [-0.3, -0.25) is 4.79 Å². The van der Waals surface area contributed by atoms with E-state index in [0.717, 1.165) is 24.3 Å². The van der Waals surface area contributed by atoms with Gasteiger partial charge in [0.1, 0.15) is 0 Å². The van der Waals surface area contributed by atoms with Crippen molar-refractivity contribution in [3.63, 3.8) is 0 Å². The maximum absolute atomic E-state index is 12.4. The molecule has 0 amide bonds. The molecule has 1 aromatic carbocycles. The van der Waals surface area contributed by atoms with Gasteiger partial charge < -0.3 is 0 Å². The average Bonchev–Trinajstić information content (AvgIpc) is 2.33. The molecule has 0 aromatic heterocycles. The number of carbonyl (C=O) groups is 1. The third kappa shape index (κ3) is 3.09. The minimum Gasteiger partial charge on any atom is -0.294 e. The Morgan fingerprint density at radius 2 is 1.76 bits per heavy atom. The van der Waals surface area contributed by atoms with Gasteiger partial charge in [-0.2, -0.15) is 0 Å². The summed E-state index contributed by atoms with van der Waals surface area (Å²) in [5.41, 5.74) is 0.886. The van der Waals surface area contributed by atoms with Crippen LogP contribution in [0.4, 0.5) is 0 Å². The van der Waals surface area contributed by atoms with Crippen molar-refractivity contribution < 1.29 is 4.79 Å². The first-order chi connectivity index (χ1) is 8.08. The first-order valence-electron chi connectivity index (χ1n) is 6.37. The quantitative estimate of drug-likeness (QED) is 0.569. The molecular weight excluding hydrogens is 323 g/mol. The molecule has 17 heavy (non-hydrogen) atoms. The summed E-state index contributed by atoms with van der Waals surface area (Å²) < 4.78 is 1.18. The molecule has 0 saturated heterocycles. The van der Waals surface area contributed by atoms with E-state index in [1.54, 1.807) is 0 Å². The van der Waals surface area contributed by atoms with Gasteiger partial charge >= 0.3 is 0 Å². The van der Waals surface area contributed by atoms with Gasteiger partial charge in [-0.05, 0) is 65.8 Å². The van der Waals surface area contributed by atoms with Crippen LogP contribution in [0.2, 0.25) is 0 Å². The van der Waals surface area contributed by atoms with E-state index in [9.17, 15) is 4.79 Å². The molecule has 1 aliphatic carbocycles. The van der Waals surface area contributed by atoms with Crippen LogP contribution in [-0.4, -0.2) is 5.78 Å². The zero-order valence-electron chi connectivity index (χ0n) is 10.4. The van der Waals surface area contributed by atoms with Crippen molar-refractivity contribution in [3.05, 3.63) is 33.4 Å². The molecule has 1 nitrogen and oxygen atoms in total. The van der Waals surface area contributed by atoms with E-state index in [2.05, 4.69) is 36.4 Å². The zero-order valence-corrected chi connectivity index (χ0v) is 12.6. The number of hydrogen-bond acceptors (Lipinski definition) is 1. The second-order valence-electron chi connectivity index (χ2n) is 5.34. The fourth-order valence-electron chi connectivity index (χ4n) is 2.64. The molecule has 0 spiro atoms. The second kappa shape index (κ2) is 5.51. The molecule has 92 valence electrons. The highest BCUT2D eigenvalue weighted by Gasteiger charge is 2.29. The summed E-state index contributed by atoms with van der Waals surface area (Å²) in [7, 11) is 0. The fourth-order valence-corrected chi connectivity index (χ4v) is 3.00. The smallest absolute Gasteiger partial charge is 0.165 e. The van der Waals surface area contributed by atoms with Crippen molar-refractivity contribution in [1.82, 2.24) is 0 Å². The van der Waals surface area contributed by atoms with E-state index >= 15 is 0 Å². The predicted molar refractivity (Wildman–Crippen MR) is 79.2 cm³/mol. The average molecular weight is 342 g/mol. The fraction of sp³-hybridized carbons (Fsp3) is 0.533. The predicted octanol–water partition coefficient (Wildman–Crippen LogP) is 4.55. The maximum atomic E-state index is 12.4. The number of ketones is 1. The Kier molecular flexibility index (Phi) is 4.23. The van der Waals surface area contributed by atoms with Gasteiger partial charge in [-0.15, -0.1) is 0 Å². The van der Waals surface area contributed by atoms with E-state index in [4.69, 9.17) is 0 Å². The molecule has 0 bridgehead atoms. The third-order valence-electron chi connectivity index (χ3n) is 4.10. The highest BCUT2D eigenvalue weighted by atomic mass is 127. The molecule has 1 aromatic rings. The lowest BCUT2D eigenvalue weighted by Crippen LogP contribution is -2.26. The lowest BCUT2D eigenvalue weighted by Gasteiger charge is -2.31. The van der Waals surface area contributed by atoms with E-state index in [-0.39, 0.29) is 5.92 Å². The minimum absolute atomic E-state index is 0.251. The number of benzene rings is 1. The Hall–Kier alpha value is -0.380. The molecular formula is C15H19IO. The molecule has 3 atom stereocenters. The molecule has 2 rings (SSSR count). The van der Waals surface area contributed by atoms with Gasteiger partial charge in [0.2, 0.25) is 0 Å². The number of carbonyl (C=O) groups excluding carboxylic acids is 1. The van der Waals surface area contributed by atoms with Crippen LogP contribution in [-0.2, 0) is 0 Å². The van der Waals surface area contributed by atoms with Gasteiger partial charge in [0, 0.05) is 15.1 Å². The minimum atomic E-state index is 0.251. The summed E-state index contributed by atoms with van der Waals surface area (Å²) in [6.07, 6.45) is 3.32. The lowest BCUT2D eigenvalue weighted by atomic mass is 9.73. The molecule has 2 heteroatoms. The largest absolute Gasteiger partial charge is 0.294 e. The topological polar surface area (TPSA) is 17.1 Å². The van der Waals surface area contributed by atoms with Crippen molar-refractivity contribution in [3.8, 4) is 0 Å². The van der Waals surface area contributed by atoms with Gasteiger partial charge in [-0.25, -0.2) is 0 Å². The van der Waals surface area contributed by atoms with Gasteiger partial charge in [0.25, 0.3) is 0 Å². The van der Waals surface area contributed by atoms with Crippen molar-refractivity contribution in [2.24, 2.45) is 17.8 Å². The van der Waals surface area contributed by atoms with Gasteiger partial charge in [0.05, 0.1) is 0 Å². The highest BCUT2D eigenvalue weighted by molar-refractivity contribution is 14.1. The molecule has 0 N–H and O–H groups in total. The molecule has 0 heterocycles. The Morgan fingerprint density at radius 3 is 2.35 bits per heavy atom. The Bertz CT molecular complexity index is 396. The SMILES string of the molecule is CC1CCC(C(=O)c2ccc(I)cc2)CC1C. The Labute approximate surface area is 117 Å². The summed E-state index contributed by atoms with van der Waals surface area (Å²) in [6, 6.07) is 7.96. The van der Waals surface area contributed by atoms with Crippen LogP contribution >= 0.6 is 22.6 Å². The summed E-state index contributed by atoms with van der Waals surface area (Å²) in [6.45, 7) is 4.58. The molecule has 1 aliphatic rings. The normalized spacial score (nSPS) is 29.0. The number of rotatable bonds is 2. The first kappa shape index (κ1) is 13.1. The second-order valence-corrected chi connectivity index (χ2v) is 6.58. The number of hydrogen-bond donors (Lipinski definition) is 0. The summed E-state index contributed by atoms with van der Waals surface area (Å²) in [4.78, 5) is 12.4. The molecule has 1 saturated carbocycles. The van der Waals surface area contributed by atoms with Crippen LogP contribution in [0.25, 0.3) is 0 Å². The van der Waals surface area contributed by atoms with Crippen molar-refractivity contribution in [1.29, 1.82) is 0 Å². The van der Waals surface area contributed by atoms with Crippen LogP contribution in [0.15, 0.2) is 24.3 Å². The van der Waals surface area contributed by atoms with Gasteiger partial charge in [-0.1, -0.05) is 26.0 Å². The number of halogens is 1. The monoisotopic (exact) mass is 342 g/mol. The van der Waals surface area contributed by atoms with E-state index in [1.807, 2.05) is 24.3 Å². The molecule has 0 radical (unpaired) electrons. The molecule has 0 aliphatic heterocycles. The highest BCUT2D eigenvalue weighted by Crippen LogP contribution is 2.34. The summed E-state index contributed by atoms with van der Waals surface area (Å²) in [5, 5.41) is 0. The molecule has 1 fully saturated rings. The Balaban J connectivity index is 2.08. The van der Waals surface area contributed by atoms with Crippen molar-refractivity contribution in [2.75, 3.05) is 0 Å². The first-order valence-corrected chi connectivity index (χ1v) is 7.45. The molecule has 3 unspecified atom stereocenters. The van der Waals surface area contributed by atoms with E-state index in [0.29, 0.717) is 11.7 Å². The Morgan fingerprint density at radius 1 is 1.12 bits per heavy atom. The van der Waals surface area contributed by atoms with Crippen LogP contribution in [0, 0.1) is 21.3 Å². The van der Waals surface area contributed by atoms with Crippen molar-refractivity contribution in [2.45, 2.75) is 33.1 Å². The third-order valence-corrected chi connectivity index (χ3v) is 4.82. The maximum Gasteiger partial charge on any atom is 0.165 e. The van der Waals surface area contributed by atoms with Crippen LogP contribution < -0.4 is 0 Å². The van der Waals surface area contributed by atoms with E-state index < -0.39 is 0 Å². The summed E-state index contributed by atoms with van der Waals surface area (Å²) in [5.74, 6) is 2.05. The van der Waals surface area contributed by atoms with Gasteiger partial charge in [0.15, 0.2) is 5.78 Å². The standard InChI is InChI=1S/C15H19IO/c1-10-3-4-13(9-11(10)2)15(17)12-5-7-14(16)8-6-12/h5-8,10-11,13H,3-4,9H2,1-2H3. The lowest BCUT2D eigenvalue weighted by molar-refractivity contribution is 0.0837. The van der Waals surface area contributed by atoms with Crippen LogP contribution in [0.3, 0.4) is 0 Å². The zero-order chi connectivity index (χ0) is 12.4. The van der Waals surface area contributed by atoms with Crippen LogP contribution in [0.1, 0.15) is 43.5 Å².